The molecule has 15 heavy (non-hydrogen) atoms. The molecule has 2 N–H and O–H groups in total. The van der Waals surface area contributed by atoms with E-state index < -0.39 is 0 Å². The second-order valence-electron chi connectivity index (χ2n) is 4.51. The molecule has 86 valence electrons. The standard InChI is InChI=1S/C11H21N3S/c1-5-11(2,3)14(4)7-6-9-8-15-10(12)13-9/h8H,5-7H2,1-4H3,(H2,12,13). The molecule has 1 rings (SSSR count). The first-order valence-electron chi connectivity index (χ1n) is 5.37. The van der Waals surface area contributed by atoms with Gasteiger partial charge in [-0.05, 0) is 27.3 Å². The summed E-state index contributed by atoms with van der Waals surface area (Å²) in [7, 11) is 2.17. The fourth-order valence-electron chi connectivity index (χ4n) is 1.29. The number of nitrogen functional groups attached to an aromatic ring is 1. The second kappa shape index (κ2) is 4.94. The fraction of sp³-hybridized carbons (Fsp3) is 0.727. The molecular formula is C11H21N3S. The van der Waals surface area contributed by atoms with E-state index in [0.29, 0.717) is 5.13 Å². The molecule has 0 bridgehead atoms. The highest BCUT2D eigenvalue weighted by Crippen LogP contribution is 2.17. The molecule has 0 unspecified atom stereocenters. The molecule has 0 atom stereocenters. The molecule has 0 aliphatic carbocycles. The van der Waals surface area contributed by atoms with Gasteiger partial charge in [0.25, 0.3) is 0 Å². The number of likely N-dealkylation sites (N-methyl/N-ethyl adjacent to an activating group) is 1. The highest BCUT2D eigenvalue weighted by Gasteiger charge is 2.20. The van der Waals surface area contributed by atoms with Gasteiger partial charge in [-0.3, -0.25) is 0 Å². The van der Waals surface area contributed by atoms with Gasteiger partial charge in [-0.1, -0.05) is 6.92 Å². The van der Waals surface area contributed by atoms with Crippen LogP contribution in [-0.2, 0) is 6.42 Å². The number of hydrogen-bond donors (Lipinski definition) is 1. The monoisotopic (exact) mass is 227 g/mol. The first-order chi connectivity index (χ1) is 6.95. The Bertz CT molecular complexity index is 307. The molecule has 0 aliphatic heterocycles. The molecule has 0 aliphatic rings. The SMILES string of the molecule is CCC(C)(C)N(C)CCc1csc(N)n1. The highest BCUT2D eigenvalue weighted by molar-refractivity contribution is 7.13. The summed E-state index contributed by atoms with van der Waals surface area (Å²) in [5.41, 5.74) is 6.96. The molecule has 1 aromatic rings. The first kappa shape index (κ1) is 12.5. The normalized spacial score (nSPS) is 12.3. The number of hydrogen-bond acceptors (Lipinski definition) is 4. The molecule has 1 heterocycles. The van der Waals surface area contributed by atoms with Crippen molar-refractivity contribution >= 4 is 16.5 Å². The van der Waals surface area contributed by atoms with Crippen molar-refractivity contribution in [2.45, 2.75) is 39.2 Å². The minimum Gasteiger partial charge on any atom is -0.375 e. The third-order valence-corrected chi connectivity index (χ3v) is 3.89. The van der Waals surface area contributed by atoms with Crippen molar-refractivity contribution in [3.63, 3.8) is 0 Å². The van der Waals surface area contributed by atoms with Gasteiger partial charge in [0.05, 0.1) is 5.69 Å². The smallest absolute Gasteiger partial charge is 0.180 e. The van der Waals surface area contributed by atoms with Gasteiger partial charge in [0, 0.05) is 23.9 Å². The third-order valence-electron chi connectivity index (χ3n) is 3.17. The van der Waals surface area contributed by atoms with Crippen LogP contribution < -0.4 is 5.73 Å². The van der Waals surface area contributed by atoms with Crippen molar-refractivity contribution in [1.82, 2.24) is 9.88 Å². The van der Waals surface area contributed by atoms with Crippen LogP contribution in [0.2, 0.25) is 0 Å². The molecule has 0 saturated carbocycles. The summed E-state index contributed by atoms with van der Waals surface area (Å²) in [5, 5.41) is 2.71. The Balaban J connectivity index is 2.44. The van der Waals surface area contributed by atoms with Crippen LogP contribution >= 0.6 is 11.3 Å². The van der Waals surface area contributed by atoms with E-state index in [1.54, 1.807) is 0 Å². The quantitative estimate of drug-likeness (QED) is 0.840. The molecule has 4 heteroatoms. The lowest BCUT2D eigenvalue weighted by atomic mass is 10.00. The Kier molecular flexibility index (Phi) is 4.11. The van der Waals surface area contributed by atoms with Gasteiger partial charge < -0.3 is 10.6 Å². The number of nitrogens with two attached hydrogens (primary N) is 1. The topological polar surface area (TPSA) is 42.1 Å². The number of anilines is 1. The van der Waals surface area contributed by atoms with Gasteiger partial charge in [0.15, 0.2) is 5.13 Å². The summed E-state index contributed by atoms with van der Waals surface area (Å²) in [6.07, 6.45) is 2.14. The van der Waals surface area contributed by atoms with Crippen molar-refractivity contribution < 1.29 is 0 Å². The van der Waals surface area contributed by atoms with Gasteiger partial charge in [-0.25, -0.2) is 4.98 Å². The zero-order chi connectivity index (χ0) is 11.5. The zero-order valence-electron chi connectivity index (χ0n) is 10.1. The van der Waals surface area contributed by atoms with Gasteiger partial charge in [-0.15, -0.1) is 11.3 Å². The molecule has 3 nitrogen and oxygen atoms in total. The maximum atomic E-state index is 5.59. The molecule has 0 amide bonds. The van der Waals surface area contributed by atoms with Crippen LogP contribution in [0, 0.1) is 0 Å². The Hall–Kier alpha value is -0.610. The molecule has 0 radical (unpaired) electrons. The molecule has 0 saturated heterocycles. The van der Waals surface area contributed by atoms with E-state index in [1.165, 1.54) is 11.3 Å². The summed E-state index contributed by atoms with van der Waals surface area (Å²) >= 11 is 1.52. The van der Waals surface area contributed by atoms with Gasteiger partial charge >= 0.3 is 0 Å². The largest absolute Gasteiger partial charge is 0.375 e. The minimum absolute atomic E-state index is 0.265. The van der Waals surface area contributed by atoms with Crippen molar-refractivity contribution in [3.8, 4) is 0 Å². The van der Waals surface area contributed by atoms with Crippen LogP contribution in [0.4, 0.5) is 5.13 Å². The fourth-order valence-corrected chi connectivity index (χ4v) is 1.89. The van der Waals surface area contributed by atoms with Gasteiger partial charge in [-0.2, -0.15) is 0 Å². The summed E-state index contributed by atoms with van der Waals surface area (Å²) in [5.74, 6) is 0. The summed E-state index contributed by atoms with van der Waals surface area (Å²) in [4.78, 5) is 6.64. The number of nitrogens with zero attached hydrogens (tertiary/aromatic N) is 2. The third kappa shape index (κ3) is 3.47. The molecular weight excluding hydrogens is 206 g/mol. The Morgan fingerprint density at radius 1 is 1.53 bits per heavy atom. The van der Waals surface area contributed by atoms with Crippen LogP contribution in [-0.4, -0.2) is 29.0 Å². The van der Waals surface area contributed by atoms with E-state index in [-0.39, 0.29) is 5.54 Å². The predicted molar refractivity (Wildman–Crippen MR) is 67.2 cm³/mol. The van der Waals surface area contributed by atoms with Crippen LogP contribution in [0.15, 0.2) is 5.38 Å². The average Bonchev–Trinajstić information content (AvgIpc) is 2.60. The zero-order valence-corrected chi connectivity index (χ0v) is 10.9. The second-order valence-corrected chi connectivity index (χ2v) is 5.40. The first-order valence-corrected chi connectivity index (χ1v) is 6.25. The Morgan fingerprint density at radius 2 is 2.20 bits per heavy atom. The summed E-state index contributed by atoms with van der Waals surface area (Å²) < 4.78 is 0. The Labute approximate surface area is 96.3 Å². The van der Waals surface area contributed by atoms with Crippen LogP contribution in [0.5, 0.6) is 0 Å². The van der Waals surface area contributed by atoms with Gasteiger partial charge in [0.2, 0.25) is 0 Å². The number of aromatic nitrogens is 1. The van der Waals surface area contributed by atoms with E-state index in [2.05, 4.69) is 37.7 Å². The van der Waals surface area contributed by atoms with Crippen molar-refractivity contribution in [3.05, 3.63) is 11.1 Å². The van der Waals surface area contributed by atoms with Crippen molar-refractivity contribution in [2.24, 2.45) is 0 Å². The lowest BCUT2D eigenvalue weighted by Crippen LogP contribution is -2.41. The average molecular weight is 227 g/mol. The van der Waals surface area contributed by atoms with E-state index in [1.807, 2.05) is 5.38 Å². The lowest BCUT2D eigenvalue weighted by Gasteiger charge is -2.34. The maximum absolute atomic E-state index is 5.59. The van der Waals surface area contributed by atoms with Crippen molar-refractivity contribution in [2.75, 3.05) is 19.3 Å². The number of rotatable bonds is 5. The highest BCUT2D eigenvalue weighted by atomic mass is 32.1. The van der Waals surface area contributed by atoms with E-state index in [9.17, 15) is 0 Å². The minimum atomic E-state index is 0.265. The molecule has 0 spiro atoms. The summed E-state index contributed by atoms with van der Waals surface area (Å²) in [6.45, 7) is 7.78. The maximum Gasteiger partial charge on any atom is 0.180 e. The summed E-state index contributed by atoms with van der Waals surface area (Å²) in [6, 6.07) is 0. The van der Waals surface area contributed by atoms with Crippen LogP contribution in [0.3, 0.4) is 0 Å². The van der Waals surface area contributed by atoms with E-state index in [0.717, 1.165) is 25.1 Å². The molecule has 0 aromatic carbocycles. The Morgan fingerprint density at radius 3 is 2.67 bits per heavy atom. The molecule has 0 fully saturated rings. The lowest BCUT2D eigenvalue weighted by molar-refractivity contribution is 0.153. The molecule has 1 aromatic heterocycles. The van der Waals surface area contributed by atoms with E-state index >= 15 is 0 Å². The van der Waals surface area contributed by atoms with Crippen LogP contribution in [0.1, 0.15) is 32.9 Å². The van der Waals surface area contributed by atoms with Crippen molar-refractivity contribution in [1.29, 1.82) is 0 Å². The van der Waals surface area contributed by atoms with E-state index in [4.69, 9.17) is 5.73 Å². The number of thiazole rings is 1. The van der Waals surface area contributed by atoms with Gasteiger partial charge in [0.1, 0.15) is 0 Å². The predicted octanol–water partition coefficient (Wildman–Crippen LogP) is 2.39. The van der Waals surface area contributed by atoms with Crippen LogP contribution in [0.25, 0.3) is 0 Å².